The van der Waals surface area contributed by atoms with E-state index in [9.17, 15) is 29.8 Å². The van der Waals surface area contributed by atoms with E-state index in [-0.39, 0.29) is 22.8 Å². The molecule has 2 aliphatic heterocycles. The van der Waals surface area contributed by atoms with Gasteiger partial charge in [0.15, 0.2) is 6.61 Å². The standard InChI is InChI=1S/C23H25N5O7/c29-22(26-13-11-24(12-14-26)18-4-6-19(7-5-18)27(31)32)16-35-23(30)17-3-8-20(21(15-17)28(33)34)25-9-1-2-10-25/h3-8,15H,1-2,9-14,16H2. The number of carbonyl (C=O) groups is 2. The van der Waals surface area contributed by atoms with Crippen molar-refractivity contribution in [2.24, 2.45) is 0 Å². The van der Waals surface area contributed by atoms with Gasteiger partial charge in [0.05, 0.1) is 15.4 Å². The fourth-order valence-corrected chi connectivity index (χ4v) is 4.32. The fraction of sp³-hybridized carbons (Fsp3) is 0.391. The molecule has 2 aromatic rings. The molecule has 2 aliphatic rings. The summed E-state index contributed by atoms with van der Waals surface area (Å²) in [5.74, 6) is -1.15. The molecule has 0 N–H and O–H groups in total. The lowest BCUT2D eigenvalue weighted by Gasteiger charge is -2.36. The number of hydrogen-bond donors (Lipinski definition) is 0. The summed E-state index contributed by atoms with van der Waals surface area (Å²) < 4.78 is 5.15. The van der Waals surface area contributed by atoms with Crippen LogP contribution >= 0.6 is 0 Å². The number of nitro groups is 2. The first-order valence-corrected chi connectivity index (χ1v) is 11.3. The lowest BCUT2D eigenvalue weighted by atomic mass is 10.1. The smallest absolute Gasteiger partial charge is 0.338 e. The number of hydrogen-bond acceptors (Lipinski definition) is 9. The predicted molar refractivity (Wildman–Crippen MR) is 127 cm³/mol. The minimum absolute atomic E-state index is 0.0143. The third-order valence-electron chi connectivity index (χ3n) is 6.24. The number of ether oxygens (including phenoxy) is 1. The Labute approximate surface area is 201 Å². The van der Waals surface area contributed by atoms with E-state index >= 15 is 0 Å². The molecule has 2 fully saturated rings. The van der Waals surface area contributed by atoms with Gasteiger partial charge in [-0.25, -0.2) is 4.79 Å². The molecule has 12 nitrogen and oxygen atoms in total. The van der Waals surface area contributed by atoms with Gasteiger partial charge in [-0.2, -0.15) is 0 Å². The van der Waals surface area contributed by atoms with Crippen molar-refractivity contribution in [1.29, 1.82) is 0 Å². The minimum Gasteiger partial charge on any atom is -0.452 e. The Hall–Kier alpha value is -4.22. The molecule has 0 bridgehead atoms. The zero-order valence-corrected chi connectivity index (χ0v) is 19.0. The van der Waals surface area contributed by atoms with Crippen molar-refractivity contribution in [2.45, 2.75) is 12.8 Å². The first-order chi connectivity index (χ1) is 16.8. The van der Waals surface area contributed by atoms with Crippen molar-refractivity contribution < 1.29 is 24.2 Å². The molecule has 0 atom stereocenters. The highest BCUT2D eigenvalue weighted by Gasteiger charge is 2.26. The van der Waals surface area contributed by atoms with Crippen LogP contribution < -0.4 is 9.80 Å². The molecule has 2 saturated heterocycles. The number of nitrogens with zero attached hydrogens (tertiary/aromatic N) is 5. The molecule has 4 rings (SSSR count). The van der Waals surface area contributed by atoms with Crippen LogP contribution in [0.25, 0.3) is 0 Å². The highest BCUT2D eigenvalue weighted by Crippen LogP contribution is 2.32. The maximum atomic E-state index is 12.5. The fourth-order valence-electron chi connectivity index (χ4n) is 4.32. The number of nitro benzene ring substituents is 2. The average molecular weight is 483 g/mol. The van der Waals surface area contributed by atoms with E-state index in [0.717, 1.165) is 31.6 Å². The highest BCUT2D eigenvalue weighted by molar-refractivity contribution is 5.93. The molecule has 1 amide bonds. The number of esters is 1. The molecule has 35 heavy (non-hydrogen) atoms. The molecule has 0 aliphatic carbocycles. The number of benzene rings is 2. The summed E-state index contributed by atoms with van der Waals surface area (Å²) in [5.41, 5.74) is 1.19. The number of piperazine rings is 1. The highest BCUT2D eigenvalue weighted by atomic mass is 16.6. The van der Waals surface area contributed by atoms with Gasteiger partial charge >= 0.3 is 5.97 Å². The maximum Gasteiger partial charge on any atom is 0.338 e. The first kappa shape index (κ1) is 23.9. The Morgan fingerprint density at radius 2 is 1.49 bits per heavy atom. The number of carbonyl (C=O) groups excluding carboxylic acids is 2. The van der Waals surface area contributed by atoms with E-state index in [1.54, 1.807) is 23.1 Å². The van der Waals surface area contributed by atoms with Crippen LogP contribution in [0, 0.1) is 20.2 Å². The summed E-state index contributed by atoms with van der Waals surface area (Å²) in [7, 11) is 0. The first-order valence-electron chi connectivity index (χ1n) is 11.3. The third kappa shape index (κ3) is 5.48. The SMILES string of the molecule is O=C(OCC(=O)N1CCN(c2ccc([N+](=O)[O-])cc2)CC1)c1ccc(N2CCCC2)c([N+](=O)[O-])c1. The van der Waals surface area contributed by atoms with E-state index in [4.69, 9.17) is 4.74 Å². The zero-order chi connectivity index (χ0) is 24.9. The Kier molecular flexibility index (Phi) is 7.09. The van der Waals surface area contributed by atoms with Crippen LogP contribution in [0.15, 0.2) is 42.5 Å². The van der Waals surface area contributed by atoms with Crippen LogP contribution in [0.4, 0.5) is 22.7 Å². The van der Waals surface area contributed by atoms with Gasteiger partial charge in [0, 0.05) is 63.2 Å². The average Bonchev–Trinajstić information content (AvgIpc) is 3.42. The summed E-state index contributed by atoms with van der Waals surface area (Å²) in [6, 6.07) is 10.5. The van der Waals surface area contributed by atoms with Crippen molar-refractivity contribution in [3.05, 3.63) is 68.3 Å². The molecule has 12 heteroatoms. The Morgan fingerprint density at radius 3 is 2.09 bits per heavy atom. The second kappa shape index (κ2) is 10.4. The van der Waals surface area contributed by atoms with Gasteiger partial charge in [0.25, 0.3) is 17.3 Å². The minimum atomic E-state index is -0.793. The van der Waals surface area contributed by atoms with Crippen LogP contribution in [-0.4, -0.2) is 72.5 Å². The Bertz CT molecular complexity index is 1120. The molecule has 0 unspecified atom stereocenters. The summed E-state index contributed by atoms with van der Waals surface area (Å²) >= 11 is 0. The molecule has 0 spiro atoms. The van der Waals surface area contributed by atoms with Gasteiger partial charge in [-0.1, -0.05) is 0 Å². The van der Waals surface area contributed by atoms with Gasteiger partial charge < -0.3 is 19.4 Å². The molecule has 0 aromatic heterocycles. The van der Waals surface area contributed by atoms with E-state index < -0.39 is 22.4 Å². The van der Waals surface area contributed by atoms with Crippen molar-refractivity contribution in [3.8, 4) is 0 Å². The zero-order valence-electron chi connectivity index (χ0n) is 19.0. The Balaban J connectivity index is 1.30. The molecule has 2 aromatic carbocycles. The van der Waals surface area contributed by atoms with Gasteiger partial charge in [0.2, 0.25) is 0 Å². The number of anilines is 2. The van der Waals surface area contributed by atoms with E-state index in [1.165, 1.54) is 24.3 Å². The largest absolute Gasteiger partial charge is 0.452 e. The normalized spacial score (nSPS) is 15.7. The summed E-state index contributed by atoms with van der Waals surface area (Å²) in [5, 5.41) is 22.3. The monoisotopic (exact) mass is 483 g/mol. The molecular weight excluding hydrogens is 458 g/mol. The van der Waals surface area contributed by atoms with Crippen LogP contribution in [0.3, 0.4) is 0 Å². The molecule has 0 saturated carbocycles. The lowest BCUT2D eigenvalue weighted by Crippen LogP contribution is -2.49. The van der Waals surface area contributed by atoms with Crippen LogP contribution in [0.5, 0.6) is 0 Å². The lowest BCUT2D eigenvalue weighted by molar-refractivity contribution is -0.384. The predicted octanol–water partition coefficient (Wildman–Crippen LogP) is 2.61. The van der Waals surface area contributed by atoms with E-state index in [2.05, 4.69) is 0 Å². The van der Waals surface area contributed by atoms with Crippen molar-refractivity contribution >= 4 is 34.6 Å². The van der Waals surface area contributed by atoms with Gasteiger partial charge in [0.1, 0.15) is 5.69 Å². The topological polar surface area (TPSA) is 139 Å². The van der Waals surface area contributed by atoms with Crippen LogP contribution in [0.2, 0.25) is 0 Å². The molecular formula is C23H25N5O7. The summed E-state index contributed by atoms with van der Waals surface area (Å²) in [4.78, 5) is 51.9. The number of amides is 1. The van der Waals surface area contributed by atoms with Crippen molar-refractivity contribution in [3.63, 3.8) is 0 Å². The number of non-ortho nitro benzene ring substituents is 1. The van der Waals surface area contributed by atoms with Crippen LogP contribution in [-0.2, 0) is 9.53 Å². The van der Waals surface area contributed by atoms with Gasteiger partial charge in [-0.3, -0.25) is 25.0 Å². The summed E-state index contributed by atoms with van der Waals surface area (Å²) in [6.07, 6.45) is 1.93. The quantitative estimate of drug-likeness (QED) is 0.330. The third-order valence-corrected chi connectivity index (χ3v) is 6.24. The Morgan fingerprint density at radius 1 is 0.829 bits per heavy atom. The van der Waals surface area contributed by atoms with E-state index in [0.29, 0.717) is 31.9 Å². The second-order valence-corrected chi connectivity index (χ2v) is 8.37. The summed E-state index contributed by atoms with van der Waals surface area (Å²) in [6.45, 7) is 2.88. The molecule has 0 radical (unpaired) electrons. The van der Waals surface area contributed by atoms with Gasteiger partial charge in [-0.15, -0.1) is 0 Å². The van der Waals surface area contributed by atoms with Crippen molar-refractivity contribution in [2.75, 3.05) is 55.7 Å². The molecule has 2 heterocycles. The van der Waals surface area contributed by atoms with Crippen LogP contribution in [0.1, 0.15) is 23.2 Å². The van der Waals surface area contributed by atoms with Crippen molar-refractivity contribution in [1.82, 2.24) is 4.90 Å². The maximum absolute atomic E-state index is 12.5. The number of rotatable bonds is 7. The van der Waals surface area contributed by atoms with E-state index in [1.807, 2.05) is 9.80 Å². The second-order valence-electron chi connectivity index (χ2n) is 8.37. The van der Waals surface area contributed by atoms with Gasteiger partial charge in [-0.05, 0) is 37.1 Å². The molecule has 184 valence electrons.